The van der Waals surface area contributed by atoms with Gasteiger partial charge in [-0.15, -0.1) is 0 Å². The van der Waals surface area contributed by atoms with Crippen LogP contribution in [0.15, 0.2) is 6.33 Å². The summed E-state index contributed by atoms with van der Waals surface area (Å²) in [5.41, 5.74) is 1.35. The Labute approximate surface area is 113 Å². The monoisotopic (exact) mass is 266 g/mol. The number of carbonyl (C=O) groups excluding carboxylic acids is 1. The SMILES string of the molecule is Cc1[nH]cnc1CN1CCO[C@@](C)(C(=O)N(C)C)C1. The Hall–Kier alpha value is -1.40. The van der Waals surface area contributed by atoms with Gasteiger partial charge in [-0.05, 0) is 13.8 Å². The molecule has 1 aromatic rings. The van der Waals surface area contributed by atoms with Gasteiger partial charge in [0.25, 0.3) is 5.91 Å². The molecule has 0 spiro atoms. The van der Waals surface area contributed by atoms with Crippen LogP contribution in [0.2, 0.25) is 0 Å². The van der Waals surface area contributed by atoms with E-state index >= 15 is 0 Å². The average molecular weight is 266 g/mol. The minimum Gasteiger partial charge on any atom is -0.363 e. The number of aromatic nitrogens is 2. The molecular formula is C13H22N4O2. The first-order valence-electron chi connectivity index (χ1n) is 6.49. The molecule has 1 fully saturated rings. The molecule has 106 valence electrons. The summed E-state index contributed by atoms with van der Waals surface area (Å²) >= 11 is 0. The molecule has 1 aliphatic heterocycles. The Kier molecular flexibility index (Phi) is 3.91. The van der Waals surface area contributed by atoms with Crippen molar-refractivity contribution in [2.45, 2.75) is 26.0 Å². The lowest BCUT2D eigenvalue weighted by molar-refractivity contribution is -0.165. The van der Waals surface area contributed by atoms with Gasteiger partial charge in [-0.1, -0.05) is 0 Å². The van der Waals surface area contributed by atoms with Crippen molar-refractivity contribution in [2.75, 3.05) is 33.8 Å². The Balaban J connectivity index is 2.05. The fraction of sp³-hybridized carbons (Fsp3) is 0.692. The third-order valence-corrected chi connectivity index (χ3v) is 3.52. The molecule has 1 N–H and O–H groups in total. The standard InChI is InChI=1S/C13H22N4O2/c1-10-11(15-9-14-10)7-17-5-6-19-13(2,8-17)12(18)16(3)4/h9H,5-8H2,1-4H3,(H,14,15)/t13-/m1/s1. The summed E-state index contributed by atoms with van der Waals surface area (Å²) in [4.78, 5) is 23.4. The first kappa shape index (κ1) is 14.0. The zero-order valence-corrected chi connectivity index (χ0v) is 12.1. The van der Waals surface area contributed by atoms with Crippen LogP contribution >= 0.6 is 0 Å². The van der Waals surface area contributed by atoms with E-state index in [1.54, 1.807) is 25.3 Å². The number of amides is 1. The second kappa shape index (κ2) is 5.30. The summed E-state index contributed by atoms with van der Waals surface area (Å²) in [6.45, 7) is 6.60. The van der Waals surface area contributed by atoms with Crippen LogP contribution in [0.5, 0.6) is 0 Å². The van der Waals surface area contributed by atoms with Crippen molar-refractivity contribution in [1.82, 2.24) is 19.8 Å². The van der Waals surface area contributed by atoms with Gasteiger partial charge in [0.2, 0.25) is 0 Å². The van der Waals surface area contributed by atoms with E-state index in [4.69, 9.17) is 4.74 Å². The largest absolute Gasteiger partial charge is 0.363 e. The van der Waals surface area contributed by atoms with Crippen LogP contribution in [-0.2, 0) is 16.1 Å². The first-order valence-corrected chi connectivity index (χ1v) is 6.49. The summed E-state index contributed by atoms with van der Waals surface area (Å²) in [5.74, 6) is 0.0101. The van der Waals surface area contributed by atoms with Gasteiger partial charge in [0, 0.05) is 39.4 Å². The molecule has 0 aliphatic carbocycles. The maximum absolute atomic E-state index is 12.2. The number of hydrogen-bond acceptors (Lipinski definition) is 4. The predicted octanol–water partition coefficient (Wildman–Crippen LogP) is 0.397. The molecule has 0 bridgehead atoms. The van der Waals surface area contributed by atoms with Crippen LogP contribution in [0, 0.1) is 6.92 Å². The van der Waals surface area contributed by atoms with E-state index < -0.39 is 5.60 Å². The molecule has 0 saturated carbocycles. The molecule has 1 aromatic heterocycles. The van der Waals surface area contributed by atoms with Crippen molar-refractivity contribution in [3.63, 3.8) is 0 Å². The van der Waals surface area contributed by atoms with E-state index in [1.807, 2.05) is 13.8 Å². The molecule has 6 nitrogen and oxygen atoms in total. The molecule has 19 heavy (non-hydrogen) atoms. The second-order valence-corrected chi connectivity index (χ2v) is 5.46. The van der Waals surface area contributed by atoms with E-state index in [0.717, 1.165) is 24.5 Å². The topological polar surface area (TPSA) is 61.5 Å². The van der Waals surface area contributed by atoms with Gasteiger partial charge in [-0.2, -0.15) is 0 Å². The molecule has 6 heteroatoms. The number of ether oxygens (including phenoxy) is 1. The number of imidazole rings is 1. The highest BCUT2D eigenvalue weighted by atomic mass is 16.5. The van der Waals surface area contributed by atoms with E-state index in [-0.39, 0.29) is 5.91 Å². The molecule has 1 aliphatic rings. The van der Waals surface area contributed by atoms with Crippen LogP contribution in [0.1, 0.15) is 18.3 Å². The van der Waals surface area contributed by atoms with Crippen LogP contribution in [0.25, 0.3) is 0 Å². The van der Waals surface area contributed by atoms with E-state index in [2.05, 4.69) is 14.9 Å². The lowest BCUT2D eigenvalue weighted by Crippen LogP contribution is -2.57. The molecule has 0 radical (unpaired) electrons. The van der Waals surface area contributed by atoms with Crippen molar-refractivity contribution in [1.29, 1.82) is 0 Å². The number of rotatable bonds is 3. The first-order chi connectivity index (χ1) is 8.92. The normalized spacial score (nSPS) is 24.4. The van der Waals surface area contributed by atoms with Gasteiger partial charge in [0.15, 0.2) is 5.60 Å². The Morgan fingerprint density at radius 3 is 2.95 bits per heavy atom. The van der Waals surface area contributed by atoms with Crippen LogP contribution in [0.3, 0.4) is 0 Å². The highest BCUT2D eigenvalue weighted by Gasteiger charge is 2.40. The van der Waals surface area contributed by atoms with Crippen LogP contribution in [-0.4, -0.2) is 65.1 Å². The number of hydrogen-bond donors (Lipinski definition) is 1. The van der Waals surface area contributed by atoms with Crippen molar-refractivity contribution < 1.29 is 9.53 Å². The van der Waals surface area contributed by atoms with Gasteiger partial charge < -0.3 is 14.6 Å². The Bertz CT molecular complexity index is 457. The second-order valence-electron chi connectivity index (χ2n) is 5.46. The summed E-state index contributed by atoms with van der Waals surface area (Å²) in [6, 6.07) is 0. The Morgan fingerprint density at radius 2 is 2.37 bits per heavy atom. The predicted molar refractivity (Wildman–Crippen MR) is 71.7 cm³/mol. The fourth-order valence-electron chi connectivity index (χ4n) is 2.45. The van der Waals surface area contributed by atoms with Gasteiger partial charge in [0.05, 0.1) is 18.6 Å². The van der Waals surface area contributed by atoms with E-state index in [9.17, 15) is 4.79 Å². The molecule has 0 unspecified atom stereocenters. The Morgan fingerprint density at radius 1 is 1.63 bits per heavy atom. The summed E-state index contributed by atoms with van der Waals surface area (Å²) in [6.07, 6.45) is 1.70. The number of aryl methyl sites for hydroxylation is 1. The minimum atomic E-state index is -0.758. The highest BCUT2D eigenvalue weighted by molar-refractivity contribution is 5.84. The molecule has 2 heterocycles. The van der Waals surface area contributed by atoms with Crippen molar-refractivity contribution >= 4 is 5.91 Å². The molecule has 1 atom stereocenters. The number of aromatic amines is 1. The van der Waals surface area contributed by atoms with Gasteiger partial charge >= 0.3 is 0 Å². The molecule has 1 saturated heterocycles. The molecule has 1 amide bonds. The van der Waals surface area contributed by atoms with E-state index in [0.29, 0.717) is 13.2 Å². The zero-order chi connectivity index (χ0) is 14.0. The highest BCUT2D eigenvalue weighted by Crippen LogP contribution is 2.21. The third kappa shape index (κ3) is 2.96. The van der Waals surface area contributed by atoms with Crippen molar-refractivity contribution in [3.05, 3.63) is 17.7 Å². The van der Waals surface area contributed by atoms with Crippen molar-refractivity contribution in [3.8, 4) is 0 Å². The molecule has 0 aromatic carbocycles. The number of likely N-dealkylation sites (N-methyl/N-ethyl adjacent to an activating group) is 1. The summed E-state index contributed by atoms with van der Waals surface area (Å²) in [7, 11) is 3.52. The number of nitrogens with zero attached hydrogens (tertiary/aromatic N) is 3. The van der Waals surface area contributed by atoms with Crippen molar-refractivity contribution in [2.24, 2.45) is 0 Å². The smallest absolute Gasteiger partial charge is 0.255 e. The maximum atomic E-state index is 12.2. The quantitative estimate of drug-likeness (QED) is 0.860. The average Bonchev–Trinajstić information content (AvgIpc) is 2.74. The van der Waals surface area contributed by atoms with Crippen LogP contribution in [0.4, 0.5) is 0 Å². The lowest BCUT2D eigenvalue weighted by atomic mass is 10.0. The maximum Gasteiger partial charge on any atom is 0.255 e. The minimum absolute atomic E-state index is 0.0101. The van der Waals surface area contributed by atoms with Crippen LogP contribution < -0.4 is 0 Å². The lowest BCUT2D eigenvalue weighted by Gasteiger charge is -2.40. The summed E-state index contributed by atoms with van der Waals surface area (Å²) in [5, 5.41) is 0. The molecule has 2 rings (SSSR count). The van der Waals surface area contributed by atoms with E-state index in [1.165, 1.54) is 0 Å². The van der Waals surface area contributed by atoms with Gasteiger partial charge in [0.1, 0.15) is 0 Å². The number of carbonyl (C=O) groups is 1. The zero-order valence-electron chi connectivity index (χ0n) is 12.1. The van der Waals surface area contributed by atoms with Gasteiger partial charge in [-0.25, -0.2) is 4.98 Å². The molecular weight excluding hydrogens is 244 g/mol. The summed E-state index contributed by atoms with van der Waals surface area (Å²) < 4.78 is 5.71. The third-order valence-electron chi connectivity index (χ3n) is 3.52. The number of morpholine rings is 1. The van der Waals surface area contributed by atoms with Gasteiger partial charge in [-0.3, -0.25) is 9.69 Å². The number of H-pyrrole nitrogens is 1. The fourth-order valence-corrected chi connectivity index (χ4v) is 2.45. The number of nitrogens with one attached hydrogen (secondary N) is 1.